The minimum absolute atomic E-state index is 0.576. The molecule has 0 spiro atoms. The van der Waals surface area contributed by atoms with Crippen molar-refractivity contribution in [2.45, 2.75) is 65.3 Å². The molecule has 0 amide bonds. The molecule has 20 heavy (non-hydrogen) atoms. The van der Waals surface area contributed by atoms with Gasteiger partial charge in [-0.25, -0.2) is 4.98 Å². The Morgan fingerprint density at radius 2 is 1.90 bits per heavy atom. The van der Waals surface area contributed by atoms with Gasteiger partial charge in [0.1, 0.15) is 5.82 Å². The quantitative estimate of drug-likeness (QED) is 0.825. The first-order chi connectivity index (χ1) is 9.71. The zero-order valence-electron chi connectivity index (χ0n) is 13.1. The van der Waals surface area contributed by atoms with Crippen LogP contribution in [0.25, 0.3) is 0 Å². The Morgan fingerprint density at radius 3 is 2.55 bits per heavy atom. The van der Waals surface area contributed by atoms with E-state index in [0.717, 1.165) is 29.9 Å². The molecular formula is C16H28N4. The zero-order chi connectivity index (χ0) is 14.4. The van der Waals surface area contributed by atoms with Crippen LogP contribution in [0.2, 0.25) is 0 Å². The summed E-state index contributed by atoms with van der Waals surface area (Å²) in [5.41, 5.74) is 1.01. The van der Waals surface area contributed by atoms with Crippen LogP contribution in [0.4, 0.5) is 11.8 Å². The van der Waals surface area contributed by atoms with Crippen LogP contribution >= 0.6 is 0 Å². The summed E-state index contributed by atoms with van der Waals surface area (Å²) in [6.07, 6.45) is 7.96. The van der Waals surface area contributed by atoms with Crippen LogP contribution in [-0.4, -0.2) is 22.6 Å². The molecule has 0 aliphatic heterocycles. The van der Waals surface area contributed by atoms with Crippen molar-refractivity contribution < 1.29 is 0 Å². The van der Waals surface area contributed by atoms with Crippen molar-refractivity contribution in [2.75, 3.05) is 17.2 Å². The molecular weight excluding hydrogens is 248 g/mol. The van der Waals surface area contributed by atoms with Crippen LogP contribution < -0.4 is 10.6 Å². The van der Waals surface area contributed by atoms with Gasteiger partial charge in [-0.2, -0.15) is 4.98 Å². The Bertz CT molecular complexity index is 411. The monoisotopic (exact) mass is 276 g/mol. The Balaban J connectivity index is 1.90. The molecule has 2 rings (SSSR count). The van der Waals surface area contributed by atoms with Gasteiger partial charge in [-0.1, -0.05) is 19.8 Å². The lowest BCUT2D eigenvalue weighted by Gasteiger charge is -2.29. The van der Waals surface area contributed by atoms with Gasteiger partial charge in [-0.05, 0) is 45.4 Å². The van der Waals surface area contributed by atoms with Crippen molar-refractivity contribution in [1.82, 2.24) is 9.97 Å². The topological polar surface area (TPSA) is 49.8 Å². The van der Waals surface area contributed by atoms with Gasteiger partial charge in [0.05, 0.1) is 0 Å². The van der Waals surface area contributed by atoms with Crippen molar-refractivity contribution in [3.05, 3.63) is 11.8 Å². The minimum Gasteiger partial charge on any atom is -0.367 e. The maximum Gasteiger partial charge on any atom is 0.224 e. The molecule has 1 aromatic rings. The summed E-state index contributed by atoms with van der Waals surface area (Å²) >= 11 is 0. The van der Waals surface area contributed by atoms with Gasteiger partial charge < -0.3 is 10.6 Å². The van der Waals surface area contributed by atoms with Crippen molar-refractivity contribution in [3.8, 4) is 0 Å². The van der Waals surface area contributed by atoms with Crippen LogP contribution in [0, 0.1) is 12.8 Å². The highest BCUT2D eigenvalue weighted by Gasteiger charge is 2.20. The van der Waals surface area contributed by atoms with E-state index in [0.29, 0.717) is 6.04 Å². The molecule has 4 nitrogen and oxygen atoms in total. The predicted molar refractivity (Wildman–Crippen MR) is 85.2 cm³/mol. The van der Waals surface area contributed by atoms with Crippen LogP contribution in [0.15, 0.2) is 6.07 Å². The van der Waals surface area contributed by atoms with Crippen molar-refractivity contribution in [2.24, 2.45) is 5.92 Å². The fourth-order valence-corrected chi connectivity index (χ4v) is 3.09. The van der Waals surface area contributed by atoms with E-state index in [1.807, 2.05) is 13.0 Å². The highest BCUT2D eigenvalue weighted by atomic mass is 15.1. The number of aromatic nitrogens is 2. The number of nitrogens with one attached hydrogen (secondary N) is 2. The fraction of sp³-hybridized carbons (Fsp3) is 0.750. The minimum atomic E-state index is 0.576. The summed E-state index contributed by atoms with van der Waals surface area (Å²) in [5.74, 6) is 2.64. The maximum atomic E-state index is 4.54. The van der Waals surface area contributed by atoms with Gasteiger partial charge in [0.15, 0.2) is 0 Å². The average Bonchev–Trinajstić information content (AvgIpc) is 2.41. The van der Waals surface area contributed by atoms with Gasteiger partial charge in [0.2, 0.25) is 5.95 Å². The molecule has 0 aromatic carbocycles. The number of anilines is 2. The third-order valence-corrected chi connectivity index (χ3v) is 4.08. The molecule has 4 heteroatoms. The van der Waals surface area contributed by atoms with Crippen molar-refractivity contribution >= 4 is 11.8 Å². The van der Waals surface area contributed by atoms with Gasteiger partial charge in [0, 0.05) is 24.3 Å². The molecule has 1 aliphatic carbocycles. The smallest absolute Gasteiger partial charge is 0.224 e. The zero-order valence-corrected chi connectivity index (χ0v) is 13.1. The van der Waals surface area contributed by atoms with E-state index >= 15 is 0 Å². The van der Waals surface area contributed by atoms with E-state index < -0.39 is 0 Å². The molecule has 1 aromatic heterocycles. The third kappa shape index (κ3) is 4.36. The van der Waals surface area contributed by atoms with E-state index in [9.17, 15) is 0 Å². The molecule has 0 saturated heterocycles. The van der Waals surface area contributed by atoms with E-state index in [-0.39, 0.29) is 0 Å². The van der Waals surface area contributed by atoms with E-state index in [1.54, 1.807) is 0 Å². The first-order valence-electron chi connectivity index (χ1n) is 8.07. The molecule has 0 radical (unpaired) electrons. The highest BCUT2D eigenvalue weighted by Crippen LogP contribution is 2.29. The lowest BCUT2D eigenvalue weighted by molar-refractivity contribution is 0.318. The molecule has 0 atom stereocenters. The largest absolute Gasteiger partial charge is 0.367 e. The first kappa shape index (κ1) is 15.1. The molecule has 1 heterocycles. The van der Waals surface area contributed by atoms with Crippen LogP contribution in [0.3, 0.4) is 0 Å². The lowest BCUT2D eigenvalue weighted by atomic mass is 9.83. The lowest BCUT2D eigenvalue weighted by Crippen LogP contribution is -2.26. The SMILES string of the molecule is CCCC1CCC(Nc2cc(C)nc(NCC)n2)CC1. The molecule has 1 aliphatic rings. The average molecular weight is 276 g/mol. The van der Waals surface area contributed by atoms with Crippen LogP contribution in [-0.2, 0) is 0 Å². The second kappa shape index (κ2) is 7.46. The summed E-state index contributed by atoms with van der Waals surface area (Å²) in [5, 5.41) is 6.78. The number of hydrogen-bond donors (Lipinski definition) is 2. The second-order valence-electron chi connectivity index (χ2n) is 5.90. The van der Waals surface area contributed by atoms with E-state index in [4.69, 9.17) is 0 Å². The Labute approximate surface area is 122 Å². The third-order valence-electron chi connectivity index (χ3n) is 4.08. The summed E-state index contributed by atoms with van der Waals surface area (Å²) in [7, 11) is 0. The molecule has 2 N–H and O–H groups in total. The van der Waals surface area contributed by atoms with Crippen molar-refractivity contribution in [1.29, 1.82) is 0 Å². The standard InChI is InChI=1S/C16H28N4/c1-4-6-13-7-9-14(10-8-13)19-15-11-12(3)18-16(20-15)17-5-2/h11,13-14H,4-10H2,1-3H3,(H2,17,18,19,20). The first-order valence-corrected chi connectivity index (χ1v) is 8.07. The fourth-order valence-electron chi connectivity index (χ4n) is 3.09. The number of rotatable bonds is 6. The summed E-state index contributed by atoms with van der Waals surface area (Å²) in [6, 6.07) is 2.62. The molecule has 1 fully saturated rings. The molecule has 0 unspecified atom stereocenters. The van der Waals surface area contributed by atoms with Gasteiger partial charge in [0.25, 0.3) is 0 Å². The maximum absolute atomic E-state index is 4.54. The Morgan fingerprint density at radius 1 is 1.15 bits per heavy atom. The van der Waals surface area contributed by atoms with Gasteiger partial charge in [-0.15, -0.1) is 0 Å². The predicted octanol–water partition coefficient (Wildman–Crippen LogP) is 3.99. The molecule has 0 bridgehead atoms. The van der Waals surface area contributed by atoms with E-state index in [2.05, 4.69) is 34.4 Å². The van der Waals surface area contributed by atoms with E-state index in [1.165, 1.54) is 38.5 Å². The number of aryl methyl sites for hydroxylation is 1. The summed E-state index contributed by atoms with van der Waals surface area (Å²) in [6.45, 7) is 7.22. The summed E-state index contributed by atoms with van der Waals surface area (Å²) < 4.78 is 0. The van der Waals surface area contributed by atoms with Crippen LogP contribution in [0.1, 0.15) is 58.1 Å². The van der Waals surface area contributed by atoms with Gasteiger partial charge in [-0.3, -0.25) is 0 Å². The second-order valence-corrected chi connectivity index (χ2v) is 5.90. The number of nitrogens with zero attached hydrogens (tertiary/aromatic N) is 2. The summed E-state index contributed by atoms with van der Waals surface area (Å²) in [4.78, 5) is 8.93. The van der Waals surface area contributed by atoms with Crippen LogP contribution in [0.5, 0.6) is 0 Å². The van der Waals surface area contributed by atoms with Crippen molar-refractivity contribution in [3.63, 3.8) is 0 Å². The number of hydrogen-bond acceptors (Lipinski definition) is 4. The van der Waals surface area contributed by atoms with Gasteiger partial charge >= 0.3 is 0 Å². The highest BCUT2D eigenvalue weighted by molar-refractivity contribution is 5.42. The Kier molecular flexibility index (Phi) is 5.62. The Hall–Kier alpha value is -1.32. The molecule has 1 saturated carbocycles. The molecule has 112 valence electrons. The normalized spacial score (nSPS) is 22.6.